The van der Waals surface area contributed by atoms with Gasteiger partial charge >= 0.3 is 6.18 Å². The predicted octanol–water partition coefficient (Wildman–Crippen LogP) is 5.88. The highest BCUT2D eigenvalue weighted by Gasteiger charge is 2.33. The van der Waals surface area contributed by atoms with Crippen LogP contribution in [0.1, 0.15) is 30.4 Å². The molecule has 0 atom stereocenters. The van der Waals surface area contributed by atoms with Crippen LogP contribution in [-0.4, -0.2) is 23.2 Å². The van der Waals surface area contributed by atoms with Crippen LogP contribution in [0.2, 0.25) is 0 Å². The SMILES string of the molecule is N#Cc1c(-c2ccc(NS(=O)(=O)C3CCC3)cc2)n(-c2ccccc2)c2ncc(C(F)(F)F)cc12. The summed E-state index contributed by atoms with van der Waals surface area (Å²) in [4.78, 5) is 4.08. The number of fused-ring (bicyclic) bond motifs is 1. The lowest BCUT2D eigenvalue weighted by atomic mass is 10.0. The molecule has 0 radical (unpaired) electrons. The van der Waals surface area contributed by atoms with E-state index in [0.29, 0.717) is 35.5 Å². The molecular formula is C25H19F3N4O2S. The molecule has 0 spiro atoms. The average Bonchev–Trinajstić information content (AvgIpc) is 3.11. The molecule has 1 aliphatic carbocycles. The molecule has 0 aliphatic heterocycles. The molecule has 5 rings (SSSR count). The van der Waals surface area contributed by atoms with E-state index in [0.717, 1.165) is 18.7 Å². The van der Waals surface area contributed by atoms with E-state index in [1.54, 1.807) is 59.2 Å². The molecule has 2 aromatic carbocycles. The summed E-state index contributed by atoms with van der Waals surface area (Å²) in [5.41, 5.74) is 1.21. The second-order valence-corrected chi connectivity index (χ2v) is 10.3. The Hall–Kier alpha value is -3.84. The van der Waals surface area contributed by atoms with Crippen molar-refractivity contribution in [2.24, 2.45) is 0 Å². The molecule has 0 bridgehead atoms. The quantitative estimate of drug-likeness (QED) is 0.374. The molecule has 1 N–H and O–H groups in total. The summed E-state index contributed by atoms with van der Waals surface area (Å²) in [6.07, 6.45) is -1.71. The minimum Gasteiger partial charge on any atom is -0.293 e. The van der Waals surface area contributed by atoms with Crippen LogP contribution in [0.5, 0.6) is 0 Å². The molecule has 2 aromatic heterocycles. The maximum atomic E-state index is 13.4. The van der Waals surface area contributed by atoms with Crippen molar-refractivity contribution in [3.05, 3.63) is 78.0 Å². The van der Waals surface area contributed by atoms with Crippen molar-refractivity contribution < 1.29 is 21.6 Å². The van der Waals surface area contributed by atoms with Gasteiger partial charge in [0.05, 0.1) is 22.1 Å². The van der Waals surface area contributed by atoms with Crippen LogP contribution in [-0.2, 0) is 16.2 Å². The van der Waals surface area contributed by atoms with Crippen LogP contribution < -0.4 is 4.72 Å². The van der Waals surface area contributed by atoms with E-state index in [4.69, 9.17) is 0 Å². The van der Waals surface area contributed by atoms with Crippen molar-refractivity contribution in [1.82, 2.24) is 9.55 Å². The molecule has 0 unspecified atom stereocenters. The molecule has 6 nitrogen and oxygen atoms in total. The lowest BCUT2D eigenvalue weighted by Crippen LogP contribution is -2.33. The number of hydrogen-bond donors (Lipinski definition) is 1. The van der Waals surface area contributed by atoms with E-state index in [9.17, 15) is 26.9 Å². The summed E-state index contributed by atoms with van der Waals surface area (Å²) in [6.45, 7) is 0. The Kier molecular flexibility index (Phi) is 5.52. The number of nitrogens with zero attached hydrogens (tertiary/aromatic N) is 3. The zero-order valence-corrected chi connectivity index (χ0v) is 19.1. The lowest BCUT2D eigenvalue weighted by Gasteiger charge is -2.25. The highest BCUT2D eigenvalue weighted by atomic mass is 32.2. The number of pyridine rings is 1. The average molecular weight is 497 g/mol. The summed E-state index contributed by atoms with van der Waals surface area (Å²) in [6, 6.07) is 18.3. The lowest BCUT2D eigenvalue weighted by molar-refractivity contribution is -0.137. The van der Waals surface area contributed by atoms with Gasteiger partial charge in [0, 0.05) is 28.5 Å². The van der Waals surface area contributed by atoms with Gasteiger partial charge in [-0.3, -0.25) is 9.29 Å². The fraction of sp³-hybridized carbons (Fsp3) is 0.200. The van der Waals surface area contributed by atoms with Gasteiger partial charge in [-0.15, -0.1) is 0 Å². The number of aromatic nitrogens is 2. The second kappa shape index (κ2) is 8.43. The molecule has 10 heteroatoms. The van der Waals surface area contributed by atoms with E-state index >= 15 is 0 Å². The Morgan fingerprint density at radius 1 is 1.06 bits per heavy atom. The van der Waals surface area contributed by atoms with Gasteiger partial charge in [-0.05, 0) is 43.2 Å². The van der Waals surface area contributed by atoms with Crippen LogP contribution in [0.25, 0.3) is 28.0 Å². The van der Waals surface area contributed by atoms with Gasteiger partial charge in [-0.25, -0.2) is 13.4 Å². The van der Waals surface area contributed by atoms with Crippen molar-refractivity contribution in [2.45, 2.75) is 30.7 Å². The van der Waals surface area contributed by atoms with Crippen molar-refractivity contribution in [3.63, 3.8) is 0 Å². The van der Waals surface area contributed by atoms with Crippen LogP contribution in [0, 0.1) is 11.3 Å². The van der Waals surface area contributed by atoms with Crippen LogP contribution in [0.15, 0.2) is 66.9 Å². The number of para-hydroxylation sites is 1. The summed E-state index contributed by atoms with van der Waals surface area (Å²) >= 11 is 0. The third-order valence-corrected chi connectivity index (χ3v) is 8.04. The number of anilines is 1. The topological polar surface area (TPSA) is 87.8 Å². The molecular weight excluding hydrogens is 477 g/mol. The smallest absolute Gasteiger partial charge is 0.293 e. The number of hydrogen-bond acceptors (Lipinski definition) is 4. The van der Waals surface area contributed by atoms with Crippen LogP contribution in [0.4, 0.5) is 18.9 Å². The first kappa shape index (κ1) is 22.9. The summed E-state index contributed by atoms with van der Waals surface area (Å²) in [7, 11) is -3.48. The summed E-state index contributed by atoms with van der Waals surface area (Å²) < 4.78 is 69.3. The molecule has 4 aromatic rings. The maximum Gasteiger partial charge on any atom is 0.417 e. The molecule has 35 heavy (non-hydrogen) atoms. The fourth-order valence-corrected chi connectivity index (χ4v) is 5.75. The summed E-state index contributed by atoms with van der Waals surface area (Å²) in [5.74, 6) is 0. The normalized spacial score (nSPS) is 14.5. The Morgan fingerprint density at radius 3 is 2.31 bits per heavy atom. The Morgan fingerprint density at radius 2 is 1.74 bits per heavy atom. The predicted molar refractivity (Wildman–Crippen MR) is 126 cm³/mol. The van der Waals surface area contributed by atoms with Gasteiger partial charge in [0.2, 0.25) is 10.0 Å². The van der Waals surface area contributed by atoms with Crippen molar-refractivity contribution in [1.29, 1.82) is 5.26 Å². The number of alkyl halides is 3. The minimum absolute atomic E-state index is 0.0465. The first-order valence-corrected chi connectivity index (χ1v) is 12.4. The van der Waals surface area contributed by atoms with Gasteiger partial charge in [0.25, 0.3) is 0 Å². The Balaban J connectivity index is 1.67. The number of nitrogens with one attached hydrogen (secondary N) is 1. The zero-order valence-electron chi connectivity index (χ0n) is 18.2. The van der Waals surface area contributed by atoms with Crippen LogP contribution in [0.3, 0.4) is 0 Å². The monoisotopic (exact) mass is 496 g/mol. The molecule has 1 aliphatic rings. The van der Waals surface area contributed by atoms with E-state index in [-0.39, 0.29) is 16.6 Å². The maximum absolute atomic E-state index is 13.4. The number of sulfonamides is 1. The largest absolute Gasteiger partial charge is 0.417 e. The minimum atomic E-state index is -4.61. The first-order chi connectivity index (χ1) is 16.7. The molecule has 0 amide bonds. The second-order valence-electron chi connectivity index (χ2n) is 8.38. The van der Waals surface area contributed by atoms with Crippen molar-refractivity contribution in [3.8, 4) is 23.0 Å². The highest BCUT2D eigenvalue weighted by molar-refractivity contribution is 7.93. The van der Waals surface area contributed by atoms with Gasteiger partial charge in [0.1, 0.15) is 11.7 Å². The molecule has 2 heterocycles. The van der Waals surface area contributed by atoms with Crippen molar-refractivity contribution >= 4 is 26.7 Å². The number of rotatable bonds is 5. The molecule has 1 fully saturated rings. The summed E-state index contributed by atoms with van der Waals surface area (Å²) in [5, 5.41) is 9.65. The Labute approximate surface area is 199 Å². The standard InChI is InChI=1S/C25H19F3N4O2S/c26-25(27,28)17-13-21-22(14-29)23(32(24(21)30-15-17)19-5-2-1-3-6-19)16-9-11-18(12-10-16)31-35(33,34)20-7-4-8-20/h1-3,5-6,9-13,15,20,31H,4,7-8H2. The van der Waals surface area contributed by atoms with E-state index in [1.165, 1.54) is 0 Å². The molecule has 0 saturated heterocycles. The fourth-order valence-electron chi connectivity index (χ4n) is 4.16. The Bertz CT molecular complexity index is 1550. The van der Waals surface area contributed by atoms with Gasteiger partial charge < -0.3 is 0 Å². The van der Waals surface area contributed by atoms with E-state index in [1.807, 2.05) is 6.07 Å². The number of halogens is 3. The molecule has 178 valence electrons. The van der Waals surface area contributed by atoms with Gasteiger partial charge in [0.15, 0.2) is 0 Å². The zero-order chi connectivity index (χ0) is 24.8. The molecule has 1 saturated carbocycles. The third-order valence-electron chi connectivity index (χ3n) is 6.17. The van der Waals surface area contributed by atoms with E-state index in [2.05, 4.69) is 9.71 Å². The number of benzene rings is 2. The first-order valence-electron chi connectivity index (χ1n) is 10.9. The van der Waals surface area contributed by atoms with Gasteiger partial charge in [-0.1, -0.05) is 36.8 Å². The highest BCUT2D eigenvalue weighted by Crippen LogP contribution is 2.38. The van der Waals surface area contributed by atoms with Gasteiger partial charge in [-0.2, -0.15) is 18.4 Å². The van der Waals surface area contributed by atoms with Crippen LogP contribution >= 0.6 is 0 Å². The third kappa shape index (κ3) is 4.12. The van der Waals surface area contributed by atoms with Crippen molar-refractivity contribution in [2.75, 3.05) is 4.72 Å². The number of nitriles is 1. The van der Waals surface area contributed by atoms with E-state index < -0.39 is 27.0 Å².